The van der Waals surface area contributed by atoms with Gasteiger partial charge >= 0.3 is 0 Å². The molecule has 0 aromatic heterocycles. The molecule has 3 heteroatoms. The summed E-state index contributed by atoms with van der Waals surface area (Å²) in [5.74, 6) is 0. The van der Waals surface area contributed by atoms with Crippen LogP contribution in [0.1, 0.15) is 24.5 Å². The van der Waals surface area contributed by atoms with Crippen LogP contribution in [0.5, 0.6) is 0 Å². The highest BCUT2D eigenvalue weighted by molar-refractivity contribution is 6.14. The van der Waals surface area contributed by atoms with E-state index in [1.165, 1.54) is 5.57 Å². The number of benzene rings is 2. The molecule has 0 bridgehead atoms. The van der Waals surface area contributed by atoms with Gasteiger partial charge in [0.1, 0.15) is 0 Å². The van der Waals surface area contributed by atoms with E-state index in [4.69, 9.17) is 10.7 Å². The number of aliphatic imine (C=N–C) groups is 1. The first kappa shape index (κ1) is 17.2. The van der Waals surface area contributed by atoms with E-state index in [1.54, 1.807) is 0 Å². The lowest BCUT2D eigenvalue weighted by Gasteiger charge is -2.18. The first-order chi connectivity index (χ1) is 12.2. The van der Waals surface area contributed by atoms with E-state index in [0.29, 0.717) is 0 Å². The van der Waals surface area contributed by atoms with Gasteiger partial charge in [0.25, 0.3) is 0 Å². The Labute approximate surface area is 150 Å². The van der Waals surface area contributed by atoms with Crippen LogP contribution in [0.25, 0.3) is 0 Å². The second-order valence-corrected chi connectivity index (χ2v) is 6.34. The van der Waals surface area contributed by atoms with Crippen LogP contribution in [0.3, 0.4) is 0 Å². The highest BCUT2D eigenvalue weighted by Gasteiger charge is 2.14. The number of aryl methyl sites for hydroxylation is 1. The summed E-state index contributed by atoms with van der Waals surface area (Å²) in [5, 5.41) is 3.33. The number of para-hydroxylation sites is 1. The third-order valence-electron chi connectivity index (χ3n) is 4.56. The molecule has 0 aliphatic carbocycles. The highest BCUT2D eigenvalue weighted by atomic mass is 14.9. The molecular formula is C22H25N3. The molecule has 1 aliphatic heterocycles. The normalized spacial score (nSPS) is 16.2. The van der Waals surface area contributed by atoms with Crippen LogP contribution < -0.4 is 11.1 Å². The summed E-state index contributed by atoms with van der Waals surface area (Å²) < 4.78 is 0. The molecular weight excluding hydrogens is 306 g/mol. The molecule has 1 aliphatic rings. The monoisotopic (exact) mass is 331 g/mol. The number of rotatable bonds is 4. The Balaban J connectivity index is 2.12. The van der Waals surface area contributed by atoms with Gasteiger partial charge in [-0.15, -0.1) is 0 Å². The lowest BCUT2D eigenvalue weighted by Crippen LogP contribution is -2.23. The number of nitrogens with one attached hydrogen (secondary N) is 1. The third kappa shape index (κ3) is 4.06. The Bertz CT molecular complexity index is 829. The molecule has 3 rings (SSSR count). The van der Waals surface area contributed by atoms with Crippen LogP contribution in [-0.2, 0) is 0 Å². The van der Waals surface area contributed by atoms with Crippen molar-refractivity contribution in [1.29, 1.82) is 0 Å². The molecule has 1 heterocycles. The minimum absolute atomic E-state index is 0.845. The predicted molar refractivity (Wildman–Crippen MR) is 106 cm³/mol. The Morgan fingerprint density at radius 1 is 1.04 bits per heavy atom. The third-order valence-corrected chi connectivity index (χ3v) is 4.56. The van der Waals surface area contributed by atoms with E-state index in [1.807, 2.05) is 36.4 Å². The molecule has 0 fully saturated rings. The van der Waals surface area contributed by atoms with Crippen molar-refractivity contribution in [1.82, 2.24) is 5.32 Å². The summed E-state index contributed by atoms with van der Waals surface area (Å²) in [4.78, 5) is 4.98. The van der Waals surface area contributed by atoms with Gasteiger partial charge in [-0.3, -0.25) is 0 Å². The van der Waals surface area contributed by atoms with Gasteiger partial charge in [0.15, 0.2) is 0 Å². The van der Waals surface area contributed by atoms with Gasteiger partial charge in [0.2, 0.25) is 0 Å². The number of allylic oxidation sites excluding steroid dienone is 2. The smallest absolute Gasteiger partial charge is 0.0759 e. The standard InChI is InChI=1S/C22H25N3/c1-16-8-6-7-11-20(16)25-22(19-9-4-3-5-10-19)17(2)21(23)18-12-14-24-15-13-18/h3-12,24H,13-15,23H2,1-2H3/b21-17-,25-22?. The molecule has 0 spiro atoms. The average molecular weight is 331 g/mol. The van der Waals surface area contributed by atoms with E-state index >= 15 is 0 Å². The fourth-order valence-corrected chi connectivity index (χ4v) is 3.01. The fourth-order valence-electron chi connectivity index (χ4n) is 3.01. The molecule has 0 saturated heterocycles. The average Bonchev–Trinajstić information content (AvgIpc) is 2.67. The van der Waals surface area contributed by atoms with Crippen molar-refractivity contribution in [2.45, 2.75) is 20.3 Å². The second kappa shape index (κ2) is 7.95. The number of hydrogen-bond acceptors (Lipinski definition) is 3. The zero-order chi connectivity index (χ0) is 17.6. The zero-order valence-electron chi connectivity index (χ0n) is 14.9. The van der Waals surface area contributed by atoms with E-state index in [0.717, 1.165) is 53.3 Å². The molecule has 25 heavy (non-hydrogen) atoms. The van der Waals surface area contributed by atoms with Crippen molar-refractivity contribution in [3.63, 3.8) is 0 Å². The largest absolute Gasteiger partial charge is 0.398 e. The molecule has 0 saturated carbocycles. The maximum atomic E-state index is 6.52. The number of nitrogens with two attached hydrogens (primary N) is 1. The van der Waals surface area contributed by atoms with Crippen LogP contribution in [0.4, 0.5) is 5.69 Å². The number of hydrogen-bond donors (Lipinski definition) is 2. The molecule has 0 radical (unpaired) electrons. The van der Waals surface area contributed by atoms with Gasteiger partial charge in [-0.05, 0) is 49.6 Å². The highest BCUT2D eigenvalue weighted by Crippen LogP contribution is 2.24. The molecule has 3 nitrogen and oxygen atoms in total. The molecule has 2 aromatic rings. The molecule has 2 aromatic carbocycles. The summed E-state index contributed by atoms with van der Waals surface area (Å²) in [5.41, 5.74) is 13.8. The summed E-state index contributed by atoms with van der Waals surface area (Å²) >= 11 is 0. The SMILES string of the molecule is C/C(C(=Nc1ccccc1C)c1ccccc1)=C(/N)C1=CCNCC1. The van der Waals surface area contributed by atoms with E-state index < -0.39 is 0 Å². The quantitative estimate of drug-likeness (QED) is 0.822. The van der Waals surface area contributed by atoms with Crippen molar-refractivity contribution in [2.75, 3.05) is 13.1 Å². The van der Waals surface area contributed by atoms with Crippen LogP contribution in [0, 0.1) is 6.92 Å². The molecule has 0 amide bonds. The van der Waals surface area contributed by atoms with Crippen LogP contribution in [-0.4, -0.2) is 18.8 Å². The van der Waals surface area contributed by atoms with Crippen LogP contribution >= 0.6 is 0 Å². The van der Waals surface area contributed by atoms with Gasteiger partial charge < -0.3 is 11.1 Å². The van der Waals surface area contributed by atoms with Gasteiger partial charge in [-0.1, -0.05) is 54.6 Å². The van der Waals surface area contributed by atoms with Crippen molar-refractivity contribution >= 4 is 11.4 Å². The van der Waals surface area contributed by atoms with Gasteiger partial charge in [-0.2, -0.15) is 0 Å². The fraction of sp³-hybridized carbons (Fsp3) is 0.227. The Hall–Kier alpha value is -2.65. The maximum Gasteiger partial charge on any atom is 0.0759 e. The summed E-state index contributed by atoms with van der Waals surface area (Å²) in [7, 11) is 0. The van der Waals surface area contributed by atoms with E-state index in [-0.39, 0.29) is 0 Å². The molecule has 0 unspecified atom stereocenters. The summed E-state index contributed by atoms with van der Waals surface area (Å²) in [6.45, 7) is 6.00. The summed E-state index contributed by atoms with van der Waals surface area (Å²) in [6.07, 6.45) is 3.13. The Kier molecular flexibility index (Phi) is 5.46. The lowest BCUT2D eigenvalue weighted by molar-refractivity contribution is 0.705. The van der Waals surface area contributed by atoms with Gasteiger partial charge in [-0.25, -0.2) is 4.99 Å². The number of nitrogens with zero attached hydrogens (tertiary/aromatic N) is 1. The van der Waals surface area contributed by atoms with E-state index in [2.05, 4.69) is 43.4 Å². The first-order valence-corrected chi connectivity index (χ1v) is 8.73. The molecule has 3 N–H and O–H groups in total. The molecule has 128 valence electrons. The Morgan fingerprint density at radius 2 is 1.76 bits per heavy atom. The predicted octanol–water partition coefficient (Wildman–Crippen LogP) is 4.27. The van der Waals surface area contributed by atoms with Crippen LogP contribution in [0.2, 0.25) is 0 Å². The second-order valence-electron chi connectivity index (χ2n) is 6.34. The van der Waals surface area contributed by atoms with Gasteiger partial charge in [0.05, 0.1) is 11.4 Å². The Morgan fingerprint density at radius 3 is 2.44 bits per heavy atom. The zero-order valence-corrected chi connectivity index (χ0v) is 14.9. The summed E-state index contributed by atoms with van der Waals surface area (Å²) in [6, 6.07) is 18.5. The van der Waals surface area contributed by atoms with E-state index in [9.17, 15) is 0 Å². The minimum Gasteiger partial charge on any atom is -0.398 e. The first-order valence-electron chi connectivity index (χ1n) is 8.73. The van der Waals surface area contributed by atoms with Crippen molar-refractivity contribution in [3.05, 3.63) is 88.6 Å². The van der Waals surface area contributed by atoms with Crippen LogP contribution in [0.15, 0.2) is 82.5 Å². The van der Waals surface area contributed by atoms with Crippen molar-refractivity contribution < 1.29 is 0 Å². The lowest BCUT2D eigenvalue weighted by atomic mass is 9.96. The topological polar surface area (TPSA) is 50.4 Å². The molecule has 0 atom stereocenters. The maximum absolute atomic E-state index is 6.52. The van der Waals surface area contributed by atoms with Crippen molar-refractivity contribution in [3.8, 4) is 0 Å². The van der Waals surface area contributed by atoms with Gasteiger partial charge in [0, 0.05) is 17.8 Å². The van der Waals surface area contributed by atoms with Crippen molar-refractivity contribution in [2.24, 2.45) is 10.7 Å². The minimum atomic E-state index is 0.845.